The lowest BCUT2D eigenvalue weighted by Crippen LogP contribution is -2.12. The Morgan fingerprint density at radius 2 is 1.51 bits per heavy atom. The van der Waals surface area contributed by atoms with Crippen molar-refractivity contribution in [2.24, 2.45) is 0 Å². The third-order valence-electron chi connectivity index (χ3n) is 6.59. The highest BCUT2D eigenvalue weighted by molar-refractivity contribution is 14.1. The van der Waals surface area contributed by atoms with E-state index in [0.29, 0.717) is 26.4 Å². The van der Waals surface area contributed by atoms with Crippen LogP contribution in [0.3, 0.4) is 0 Å². The Morgan fingerprint density at radius 1 is 0.767 bits per heavy atom. The molecule has 0 aliphatic carbocycles. The minimum absolute atomic E-state index is 0.0304. The highest BCUT2D eigenvalue weighted by Gasteiger charge is 2.25. The van der Waals surface area contributed by atoms with E-state index in [9.17, 15) is 9.18 Å². The predicted octanol–water partition coefficient (Wildman–Crippen LogP) is 7.61. The first-order valence-corrected chi connectivity index (χ1v) is 13.8. The molecule has 0 spiro atoms. The molecule has 0 fully saturated rings. The molecule has 0 radical (unpaired) electrons. The first-order valence-electron chi connectivity index (χ1n) is 12.7. The first-order chi connectivity index (χ1) is 20.6. The van der Waals surface area contributed by atoms with Gasteiger partial charge in [0.2, 0.25) is 5.75 Å². The Balaban J connectivity index is 1.65. The summed E-state index contributed by atoms with van der Waals surface area (Å²) in [6.07, 6.45) is -0.397. The van der Waals surface area contributed by atoms with Gasteiger partial charge in [-0.15, -0.1) is 0 Å². The van der Waals surface area contributed by atoms with E-state index >= 15 is 13.2 Å². The lowest BCUT2D eigenvalue weighted by molar-refractivity contribution is 0.0601. The van der Waals surface area contributed by atoms with E-state index in [2.05, 4.69) is 10.6 Å². The molecule has 0 heterocycles. The molecule has 7 nitrogen and oxygen atoms in total. The van der Waals surface area contributed by atoms with Gasteiger partial charge in [0.15, 0.2) is 23.1 Å². The van der Waals surface area contributed by atoms with Crippen molar-refractivity contribution in [3.8, 4) is 17.2 Å². The second-order valence-electron chi connectivity index (χ2n) is 9.13. The molecular formula is C31H27F4IN2O5. The molecule has 4 rings (SSSR count). The minimum Gasteiger partial charge on any atom is -0.493 e. The summed E-state index contributed by atoms with van der Waals surface area (Å²) in [5, 5.41) is 5.45. The van der Waals surface area contributed by atoms with E-state index in [1.165, 1.54) is 45.6 Å². The van der Waals surface area contributed by atoms with Gasteiger partial charge in [0.05, 0.1) is 51.1 Å². The summed E-state index contributed by atoms with van der Waals surface area (Å²) in [4.78, 5) is 12.6. The van der Waals surface area contributed by atoms with Gasteiger partial charge in [-0.05, 0) is 76.2 Å². The molecule has 0 aliphatic rings. The zero-order valence-corrected chi connectivity index (χ0v) is 25.7. The fraction of sp³-hybridized carbons (Fsp3) is 0.194. The van der Waals surface area contributed by atoms with Gasteiger partial charge >= 0.3 is 5.97 Å². The lowest BCUT2D eigenvalue weighted by atomic mass is 9.99. The van der Waals surface area contributed by atoms with Crippen LogP contribution in [0.2, 0.25) is 0 Å². The third-order valence-corrected chi connectivity index (χ3v) is 7.26. The van der Waals surface area contributed by atoms with Crippen LogP contribution in [0.1, 0.15) is 27.0 Å². The van der Waals surface area contributed by atoms with Crippen molar-refractivity contribution in [1.82, 2.24) is 0 Å². The maximum atomic E-state index is 15.6. The van der Waals surface area contributed by atoms with Gasteiger partial charge in [-0.2, -0.15) is 0 Å². The summed E-state index contributed by atoms with van der Waals surface area (Å²) < 4.78 is 82.3. The van der Waals surface area contributed by atoms with Crippen molar-refractivity contribution < 1.29 is 41.3 Å². The van der Waals surface area contributed by atoms with Gasteiger partial charge in [-0.1, -0.05) is 12.1 Å². The van der Waals surface area contributed by atoms with Gasteiger partial charge in [-0.25, -0.2) is 22.4 Å². The molecule has 0 saturated carbocycles. The fourth-order valence-electron chi connectivity index (χ4n) is 4.48. The molecule has 0 aliphatic heterocycles. The first kappa shape index (κ1) is 31.7. The summed E-state index contributed by atoms with van der Waals surface area (Å²) in [5.41, 5.74) is -0.693. The highest BCUT2D eigenvalue weighted by Crippen LogP contribution is 2.40. The Kier molecular flexibility index (Phi) is 10.2. The maximum absolute atomic E-state index is 15.6. The minimum atomic E-state index is -1.44. The van der Waals surface area contributed by atoms with Crippen LogP contribution in [0, 0.1) is 26.8 Å². The molecule has 4 aromatic carbocycles. The van der Waals surface area contributed by atoms with Crippen LogP contribution in [0.15, 0.2) is 54.6 Å². The molecule has 0 aromatic heterocycles. The third kappa shape index (κ3) is 6.74. The number of methoxy groups -OCH3 is 4. The molecule has 43 heavy (non-hydrogen) atoms. The zero-order valence-electron chi connectivity index (χ0n) is 23.5. The van der Waals surface area contributed by atoms with Gasteiger partial charge in [-0.3, -0.25) is 0 Å². The number of nitrogens with one attached hydrogen (secondary N) is 2. The molecule has 0 bridgehead atoms. The zero-order chi connectivity index (χ0) is 31.3. The van der Waals surface area contributed by atoms with Crippen molar-refractivity contribution in [3.63, 3.8) is 0 Å². The summed E-state index contributed by atoms with van der Waals surface area (Å²) in [6, 6.07) is 13.0. The van der Waals surface area contributed by atoms with Gasteiger partial charge in [0.25, 0.3) is 0 Å². The van der Waals surface area contributed by atoms with Crippen LogP contribution < -0.4 is 24.8 Å². The number of halogens is 5. The standard InChI is InChI=1S/C31H27F4IN2O5/c1-40-24-11-8-17(29(41-2)30(24)42-3)15-37-23-7-5-6-16(25(23)33)12-18-13-20(31(39)43-4)28(27(35)26(18)34)38-22-10-9-19(36)14-21(22)32/h5-11,13-14,37-38H,12,15H2,1-4H3. The number of esters is 1. The van der Waals surface area contributed by atoms with Crippen LogP contribution in [0.5, 0.6) is 17.2 Å². The molecule has 0 unspecified atom stereocenters. The van der Waals surface area contributed by atoms with Crippen molar-refractivity contribution >= 4 is 45.6 Å². The van der Waals surface area contributed by atoms with Crippen molar-refractivity contribution in [1.29, 1.82) is 0 Å². The van der Waals surface area contributed by atoms with E-state index in [4.69, 9.17) is 18.9 Å². The van der Waals surface area contributed by atoms with Crippen molar-refractivity contribution in [3.05, 3.63) is 104 Å². The van der Waals surface area contributed by atoms with Crippen molar-refractivity contribution in [2.75, 3.05) is 39.1 Å². The second kappa shape index (κ2) is 13.8. The summed E-state index contributed by atoms with van der Waals surface area (Å²) >= 11 is 1.90. The Bertz CT molecular complexity index is 1670. The van der Waals surface area contributed by atoms with Crippen LogP contribution in [0.4, 0.5) is 34.6 Å². The second-order valence-corrected chi connectivity index (χ2v) is 10.4. The number of anilines is 3. The normalized spacial score (nSPS) is 10.7. The molecule has 12 heteroatoms. The summed E-state index contributed by atoms with van der Waals surface area (Å²) in [7, 11) is 5.50. The predicted molar refractivity (Wildman–Crippen MR) is 163 cm³/mol. The van der Waals surface area contributed by atoms with Crippen LogP contribution in [0.25, 0.3) is 0 Å². The van der Waals surface area contributed by atoms with Crippen LogP contribution >= 0.6 is 22.6 Å². The fourth-order valence-corrected chi connectivity index (χ4v) is 4.93. The van der Waals surface area contributed by atoms with E-state index < -0.39 is 41.3 Å². The van der Waals surface area contributed by atoms with Gasteiger partial charge < -0.3 is 29.6 Å². The largest absolute Gasteiger partial charge is 0.493 e. The molecule has 4 aromatic rings. The number of hydrogen-bond acceptors (Lipinski definition) is 7. The Labute approximate surface area is 259 Å². The topological polar surface area (TPSA) is 78.1 Å². The monoisotopic (exact) mass is 710 g/mol. The number of rotatable bonds is 11. The van der Waals surface area contributed by atoms with Crippen molar-refractivity contribution in [2.45, 2.75) is 13.0 Å². The smallest absolute Gasteiger partial charge is 0.340 e. The Hall–Kier alpha value is -4.20. The lowest BCUT2D eigenvalue weighted by Gasteiger charge is -2.18. The highest BCUT2D eigenvalue weighted by atomic mass is 127. The summed E-state index contributed by atoms with van der Waals surface area (Å²) in [5.74, 6) is -3.96. The number of benzene rings is 4. The molecule has 0 amide bonds. The van der Waals surface area contributed by atoms with E-state index in [-0.39, 0.29) is 34.6 Å². The van der Waals surface area contributed by atoms with E-state index in [1.54, 1.807) is 24.3 Å². The molecule has 0 saturated heterocycles. The number of ether oxygens (including phenoxy) is 4. The van der Waals surface area contributed by atoms with Gasteiger partial charge in [0, 0.05) is 22.1 Å². The van der Waals surface area contributed by atoms with E-state index in [1.807, 2.05) is 22.6 Å². The molecule has 2 N–H and O–H groups in total. The summed E-state index contributed by atoms with van der Waals surface area (Å²) in [6.45, 7) is 0.134. The molecular weight excluding hydrogens is 683 g/mol. The number of hydrogen-bond donors (Lipinski definition) is 2. The number of carbonyl (C=O) groups is 1. The van der Waals surface area contributed by atoms with E-state index in [0.717, 1.165) is 13.2 Å². The molecule has 0 atom stereocenters. The average Bonchev–Trinajstić information content (AvgIpc) is 3.01. The quantitative estimate of drug-likeness (QED) is 0.0944. The average molecular weight is 710 g/mol. The van der Waals surface area contributed by atoms with Crippen LogP contribution in [-0.2, 0) is 17.7 Å². The maximum Gasteiger partial charge on any atom is 0.340 e. The molecule has 226 valence electrons. The van der Waals surface area contributed by atoms with Crippen LogP contribution in [-0.4, -0.2) is 34.4 Å². The SMILES string of the molecule is COC(=O)c1cc(Cc2cccc(NCc3ccc(OC)c(OC)c3OC)c2F)c(F)c(F)c1Nc1ccc(I)cc1F. The van der Waals surface area contributed by atoms with Gasteiger partial charge in [0.1, 0.15) is 11.6 Å². The Morgan fingerprint density at radius 3 is 2.16 bits per heavy atom. The number of carbonyl (C=O) groups excluding carboxylic acids is 1.